The van der Waals surface area contributed by atoms with E-state index in [9.17, 15) is 19.5 Å². The van der Waals surface area contributed by atoms with Crippen LogP contribution in [0.25, 0.3) is 0 Å². The van der Waals surface area contributed by atoms with E-state index in [0.717, 1.165) is 18.2 Å². The lowest BCUT2D eigenvalue weighted by atomic mass is 9.78. The minimum absolute atomic E-state index is 0.126. The zero-order valence-corrected chi connectivity index (χ0v) is 11.4. The van der Waals surface area contributed by atoms with Gasteiger partial charge in [-0.1, -0.05) is 24.3 Å². The number of carboxylic acids is 3. The highest BCUT2D eigenvalue weighted by Gasteiger charge is 2.41. The smallest absolute Gasteiger partial charge is 0.332 e. The number of hydrogen-bond acceptors (Lipinski definition) is 4. The Morgan fingerprint density at radius 3 is 2.38 bits per heavy atom. The van der Waals surface area contributed by atoms with Crippen molar-refractivity contribution in [1.29, 1.82) is 0 Å². The zero-order valence-electron chi connectivity index (χ0n) is 11.4. The highest BCUT2D eigenvalue weighted by molar-refractivity contribution is 5.97. The van der Waals surface area contributed by atoms with Crippen molar-refractivity contribution in [3.63, 3.8) is 0 Å². The molecular formula is C14H16O7. The Bertz CT molecular complexity index is 544. The molecule has 114 valence electrons. The lowest BCUT2D eigenvalue weighted by Gasteiger charge is -2.28. The number of rotatable bonds is 7. The highest BCUT2D eigenvalue weighted by atomic mass is 16.5. The first-order valence-electron chi connectivity index (χ1n) is 6.03. The maximum Gasteiger partial charge on any atom is 0.332 e. The first kappa shape index (κ1) is 16.6. The average Bonchev–Trinajstić information content (AvgIpc) is 2.37. The fourth-order valence-electron chi connectivity index (χ4n) is 1.88. The Morgan fingerprint density at radius 1 is 1.33 bits per heavy atom. The first-order valence-corrected chi connectivity index (χ1v) is 6.03. The van der Waals surface area contributed by atoms with Crippen LogP contribution in [0.1, 0.15) is 6.92 Å². The molecule has 1 aliphatic carbocycles. The molecule has 0 radical (unpaired) electrons. The molecule has 7 nitrogen and oxygen atoms in total. The Kier molecular flexibility index (Phi) is 5.04. The Labute approximate surface area is 120 Å². The van der Waals surface area contributed by atoms with Crippen molar-refractivity contribution in [2.75, 3.05) is 13.2 Å². The van der Waals surface area contributed by atoms with Gasteiger partial charge in [-0.05, 0) is 13.0 Å². The molecule has 0 aromatic heterocycles. The first-order chi connectivity index (χ1) is 9.69. The molecule has 0 bridgehead atoms. The third-order valence-electron chi connectivity index (χ3n) is 2.93. The van der Waals surface area contributed by atoms with Gasteiger partial charge in [-0.15, -0.1) is 0 Å². The second-order valence-corrected chi connectivity index (χ2v) is 4.88. The van der Waals surface area contributed by atoms with Gasteiger partial charge in [-0.2, -0.15) is 0 Å². The molecule has 7 heteroatoms. The molecule has 0 fully saturated rings. The minimum atomic E-state index is -1.70. The fourth-order valence-corrected chi connectivity index (χ4v) is 1.88. The molecule has 0 spiro atoms. The summed E-state index contributed by atoms with van der Waals surface area (Å²) >= 11 is 0. The molecular weight excluding hydrogens is 280 g/mol. The standard InChI is InChI=1S/C14H16O7/c1-8(2)6-21-7-14(13(19)20)4-3-9(11(15)16)10(5-14)12(17)18/h3-5,9H,1,6-7H2,2H3,(H,15,16)(H,17,18)(H,19,20). The third-order valence-corrected chi connectivity index (χ3v) is 2.93. The van der Waals surface area contributed by atoms with Gasteiger partial charge in [0.25, 0.3) is 0 Å². The van der Waals surface area contributed by atoms with Crippen molar-refractivity contribution < 1.29 is 34.4 Å². The van der Waals surface area contributed by atoms with E-state index in [1.807, 2.05) is 0 Å². The molecule has 3 N–H and O–H groups in total. The van der Waals surface area contributed by atoms with Crippen LogP contribution < -0.4 is 0 Å². The zero-order chi connectivity index (χ0) is 16.2. The third kappa shape index (κ3) is 3.79. The summed E-state index contributed by atoms with van der Waals surface area (Å²) in [6.07, 6.45) is 3.14. The maximum atomic E-state index is 11.5. The van der Waals surface area contributed by atoms with Crippen molar-refractivity contribution in [3.05, 3.63) is 36.0 Å². The summed E-state index contributed by atoms with van der Waals surface area (Å²) in [6.45, 7) is 5.12. The Balaban J connectivity index is 3.13. The van der Waals surface area contributed by atoms with Crippen LogP contribution in [0.4, 0.5) is 0 Å². The van der Waals surface area contributed by atoms with Crippen molar-refractivity contribution >= 4 is 17.9 Å². The molecule has 1 aliphatic rings. The van der Waals surface area contributed by atoms with Gasteiger partial charge in [0.05, 0.1) is 18.8 Å². The van der Waals surface area contributed by atoms with Crippen LogP contribution in [0.15, 0.2) is 36.0 Å². The molecule has 0 saturated heterocycles. The number of hydrogen-bond donors (Lipinski definition) is 3. The fraction of sp³-hybridized carbons (Fsp3) is 0.357. The normalized spacial score (nSPS) is 24.2. The van der Waals surface area contributed by atoms with E-state index in [4.69, 9.17) is 14.9 Å². The number of carbonyl (C=O) groups is 3. The van der Waals surface area contributed by atoms with Gasteiger partial charge in [-0.3, -0.25) is 9.59 Å². The molecule has 0 aliphatic heterocycles. The van der Waals surface area contributed by atoms with E-state index in [-0.39, 0.29) is 13.2 Å². The van der Waals surface area contributed by atoms with E-state index in [2.05, 4.69) is 6.58 Å². The summed E-state index contributed by atoms with van der Waals surface area (Å²) in [7, 11) is 0. The summed E-state index contributed by atoms with van der Waals surface area (Å²) < 4.78 is 5.21. The van der Waals surface area contributed by atoms with Crippen LogP contribution in [0.2, 0.25) is 0 Å². The van der Waals surface area contributed by atoms with Crippen LogP contribution in [0.5, 0.6) is 0 Å². The van der Waals surface area contributed by atoms with Gasteiger partial charge in [0.2, 0.25) is 0 Å². The molecule has 0 saturated carbocycles. The van der Waals surface area contributed by atoms with E-state index >= 15 is 0 Å². The molecule has 0 aromatic carbocycles. The van der Waals surface area contributed by atoms with Gasteiger partial charge >= 0.3 is 17.9 Å². The SMILES string of the molecule is C=C(C)COCC1(C(=O)O)C=CC(C(=O)O)C(C(=O)O)=C1. The lowest BCUT2D eigenvalue weighted by Crippen LogP contribution is -2.37. The molecule has 0 aromatic rings. The molecule has 0 heterocycles. The Morgan fingerprint density at radius 2 is 1.95 bits per heavy atom. The molecule has 21 heavy (non-hydrogen) atoms. The van der Waals surface area contributed by atoms with Crippen LogP contribution >= 0.6 is 0 Å². The summed E-state index contributed by atoms with van der Waals surface area (Å²) in [6, 6.07) is 0. The van der Waals surface area contributed by atoms with Gasteiger partial charge in [-0.25, -0.2) is 4.79 Å². The van der Waals surface area contributed by atoms with E-state index < -0.39 is 34.8 Å². The predicted octanol–water partition coefficient (Wildman–Crippen LogP) is 0.932. The quantitative estimate of drug-likeness (QED) is 0.597. The second-order valence-electron chi connectivity index (χ2n) is 4.88. The maximum absolute atomic E-state index is 11.5. The minimum Gasteiger partial charge on any atom is -0.481 e. The largest absolute Gasteiger partial charge is 0.481 e. The van der Waals surface area contributed by atoms with Crippen LogP contribution in [0.3, 0.4) is 0 Å². The second kappa shape index (κ2) is 6.36. The van der Waals surface area contributed by atoms with Gasteiger partial charge in [0.15, 0.2) is 0 Å². The molecule has 2 atom stereocenters. The number of aliphatic carboxylic acids is 3. The predicted molar refractivity (Wildman–Crippen MR) is 71.7 cm³/mol. The van der Waals surface area contributed by atoms with Crippen LogP contribution in [-0.4, -0.2) is 46.4 Å². The number of ether oxygens (including phenoxy) is 1. The van der Waals surface area contributed by atoms with E-state index in [1.54, 1.807) is 6.92 Å². The topological polar surface area (TPSA) is 121 Å². The van der Waals surface area contributed by atoms with E-state index in [1.165, 1.54) is 0 Å². The monoisotopic (exact) mass is 296 g/mol. The van der Waals surface area contributed by atoms with Gasteiger partial charge in [0.1, 0.15) is 11.3 Å². The van der Waals surface area contributed by atoms with Crippen molar-refractivity contribution in [2.45, 2.75) is 6.92 Å². The number of carboxylic acid groups (broad SMARTS) is 3. The van der Waals surface area contributed by atoms with Crippen LogP contribution in [0, 0.1) is 11.3 Å². The summed E-state index contributed by atoms with van der Waals surface area (Å²) in [4.78, 5) is 33.6. The molecule has 1 rings (SSSR count). The van der Waals surface area contributed by atoms with Crippen molar-refractivity contribution in [3.8, 4) is 0 Å². The summed E-state index contributed by atoms with van der Waals surface area (Å²) in [5.41, 5.74) is -1.51. The Hall–Kier alpha value is -2.41. The molecule has 0 amide bonds. The molecule has 2 unspecified atom stereocenters. The van der Waals surface area contributed by atoms with Crippen molar-refractivity contribution in [2.24, 2.45) is 11.3 Å². The van der Waals surface area contributed by atoms with Gasteiger partial charge < -0.3 is 20.1 Å². The van der Waals surface area contributed by atoms with Crippen LogP contribution in [-0.2, 0) is 19.1 Å². The van der Waals surface area contributed by atoms with Gasteiger partial charge in [0, 0.05) is 0 Å². The average molecular weight is 296 g/mol. The summed E-state index contributed by atoms with van der Waals surface area (Å²) in [5, 5.41) is 27.4. The summed E-state index contributed by atoms with van der Waals surface area (Å²) in [5.74, 6) is -5.53. The lowest BCUT2D eigenvalue weighted by molar-refractivity contribution is -0.147. The highest BCUT2D eigenvalue weighted by Crippen LogP contribution is 2.33. The van der Waals surface area contributed by atoms with Crippen molar-refractivity contribution in [1.82, 2.24) is 0 Å². The van der Waals surface area contributed by atoms with E-state index in [0.29, 0.717) is 5.57 Å².